The Morgan fingerprint density at radius 2 is 1.82 bits per heavy atom. The summed E-state index contributed by atoms with van der Waals surface area (Å²) < 4.78 is 0. The molecule has 0 fully saturated rings. The van der Waals surface area contributed by atoms with Crippen LogP contribution in [0.5, 0.6) is 0 Å². The maximum Gasteiger partial charge on any atom is 0.243 e. The second-order valence-electron chi connectivity index (χ2n) is 3.79. The van der Waals surface area contributed by atoms with E-state index in [4.69, 9.17) is 0 Å². The van der Waals surface area contributed by atoms with Gasteiger partial charge in [-0.05, 0) is 18.6 Å². The van der Waals surface area contributed by atoms with E-state index >= 15 is 0 Å². The highest BCUT2D eigenvalue weighted by Gasteiger charge is 2.04. The summed E-state index contributed by atoms with van der Waals surface area (Å²) >= 11 is 0. The molecule has 2 N–H and O–H groups in total. The van der Waals surface area contributed by atoms with Gasteiger partial charge in [0, 0.05) is 12.1 Å². The van der Waals surface area contributed by atoms with Crippen LogP contribution < -0.4 is 10.6 Å². The third-order valence-electron chi connectivity index (χ3n) is 2.26. The van der Waals surface area contributed by atoms with Crippen LogP contribution in [0.4, 0.5) is 5.69 Å². The van der Waals surface area contributed by atoms with Gasteiger partial charge in [0.05, 0.1) is 6.54 Å². The van der Waals surface area contributed by atoms with E-state index in [0.29, 0.717) is 6.42 Å². The van der Waals surface area contributed by atoms with Crippen LogP contribution in [0.1, 0.15) is 26.2 Å². The quantitative estimate of drug-likeness (QED) is 0.790. The predicted molar refractivity (Wildman–Crippen MR) is 67.6 cm³/mol. The van der Waals surface area contributed by atoms with Gasteiger partial charge in [-0.15, -0.1) is 0 Å². The van der Waals surface area contributed by atoms with Crippen molar-refractivity contribution < 1.29 is 9.59 Å². The molecule has 0 unspecified atom stereocenters. The van der Waals surface area contributed by atoms with E-state index in [1.165, 1.54) is 0 Å². The summed E-state index contributed by atoms with van der Waals surface area (Å²) in [7, 11) is 0. The zero-order valence-electron chi connectivity index (χ0n) is 10.0. The molecule has 0 aliphatic heterocycles. The van der Waals surface area contributed by atoms with E-state index in [1.807, 2.05) is 25.1 Å². The summed E-state index contributed by atoms with van der Waals surface area (Å²) in [5.41, 5.74) is 0.736. The number of para-hydroxylation sites is 1. The van der Waals surface area contributed by atoms with Crippen molar-refractivity contribution in [2.45, 2.75) is 26.2 Å². The number of carbonyl (C=O) groups is 2. The number of benzene rings is 1. The number of hydrogen-bond acceptors (Lipinski definition) is 2. The fourth-order valence-corrected chi connectivity index (χ4v) is 1.33. The molecule has 4 heteroatoms. The number of rotatable bonds is 6. The lowest BCUT2D eigenvalue weighted by Crippen LogP contribution is -2.32. The smallest absolute Gasteiger partial charge is 0.243 e. The van der Waals surface area contributed by atoms with Gasteiger partial charge in [0.1, 0.15) is 0 Å². The minimum atomic E-state index is -0.207. The fourth-order valence-electron chi connectivity index (χ4n) is 1.33. The van der Waals surface area contributed by atoms with Gasteiger partial charge in [0.25, 0.3) is 0 Å². The largest absolute Gasteiger partial charge is 0.347 e. The fraction of sp³-hybridized carbons (Fsp3) is 0.385. The van der Waals surface area contributed by atoms with Crippen molar-refractivity contribution >= 4 is 17.5 Å². The molecule has 4 nitrogen and oxygen atoms in total. The standard InChI is InChI=1S/C13H18N2O2/c1-2-3-9-12(16)14-10-13(17)15-11-7-5-4-6-8-11/h4-8H,2-3,9-10H2,1H3,(H,14,16)(H,15,17). The second kappa shape index (κ2) is 7.44. The molecule has 0 aromatic heterocycles. The molecule has 1 rings (SSSR count). The van der Waals surface area contributed by atoms with Gasteiger partial charge in [-0.2, -0.15) is 0 Å². The molecule has 92 valence electrons. The number of hydrogen-bond donors (Lipinski definition) is 2. The van der Waals surface area contributed by atoms with E-state index in [-0.39, 0.29) is 18.4 Å². The van der Waals surface area contributed by atoms with Crippen LogP contribution in [0.25, 0.3) is 0 Å². The molecular weight excluding hydrogens is 216 g/mol. The molecule has 0 atom stereocenters. The van der Waals surface area contributed by atoms with Crippen molar-refractivity contribution in [3.8, 4) is 0 Å². The minimum Gasteiger partial charge on any atom is -0.347 e. The van der Waals surface area contributed by atoms with Crippen molar-refractivity contribution in [2.75, 3.05) is 11.9 Å². The highest BCUT2D eigenvalue weighted by atomic mass is 16.2. The summed E-state index contributed by atoms with van der Waals surface area (Å²) in [6.07, 6.45) is 2.31. The molecular formula is C13H18N2O2. The van der Waals surface area contributed by atoms with Gasteiger partial charge < -0.3 is 10.6 Å². The Morgan fingerprint density at radius 3 is 2.47 bits per heavy atom. The zero-order chi connectivity index (χ0) is 12.5. The van der Waals surface area contributed by atoms with Crippen LogP contribution >= 0.6 is 0 Å². The highest BCUT2D eigenvalue weighted by molar-refractivity contribution is 5.94. The number of amides is 2. The lowest BCUT2D eigenvalue weighted by Gasteiger charge is -2.06. The topological polar surface area (TPSA) is 58.2 Å². The Bertz CT molecular complexity index is 363. The van der Waals surface area contributed by atoms with E-state index in [0.717, 1.165) is 18.5 Å². The molecule has 0 radical (unpaired) electrons. The summed E-state index contributed by atoms with van der Waals surface area (Å²) in [4.78, 5) is 22.7. The first-order chi connectivity index (χ1) is 8.22. The van der Waals surface area contributed by atoms with Crippen molar-refractivity contribution in [2.24, 2.45) is 0 Å². The zero-order valence-corrected chi connectivity index (χ0v) is 10.0. The summed E-state index contributed by atoms with van der Waals surface area (Å²) in [6.45, 7) is 2.05. The molecule has 0 saturated carbocycles. The van der Waals surface area contributed by atoms with Crippen molar-refractivity contribution in [1.82, 2.24) is 5.32 Å². The van der Waals surface area contributed by atoms with E-state index in [2.05, 4.69) is 10.6 Å². The molecule has 0 bridgehead atoms. The van der Waals surface area contributed by atoms with Crippen LogP contribution in [0.3, 0.4) is 0 Å². The summed E-state index contributed by atoms with van der Waals surface area (Å²) in [5.74, 6) is -0.281. The molecule has 0 spiro atoms. The van der Waals surface area contributed by atoms with E-state index < -0.39 is 0 Å². The molecule has 0 aliphatic rings. The first-order valence-corrected chi connectivity index (χ1v) is 5.84. The van der Waals surface area contributed by atoms with E-state index in [1.54, 1.807) is 12.1 Å². The predicted octanol–water partition coefficient (Wildman–Crippen LogP) is 1.93. The summed E-state index contributed by atoms with van der Waals surface area (Å²) in [6, 6.07) is 9.17. The Morgan fingerprint density at radius 1 is 1.12 bits per heavy atom. The van der Waals surface area contributed by atoms with Crippen LogP contribution in [-0.2, 0) is 9.59 Å². The summed E-state index contributed by atoms with van der Waals surface area (Å²) in [5, 5.41) is 5.29. The SMILES string of the molecule is CCCCC(=O)NCC(=O)Nc1ccccc1. The van der Waals surface area contributed by atoms with Gasteiger partial charge >= 0.3 is 0 Å². The number of unbranched alkanes of at least 4 members (excludes halogenated alkanes) is 1. The first kappa shape index (κ1) is 13.2. The lowest BCUT2D eigenvalue weighted by atomic mass is 10.2. The van der Waals surface area contributed by atoms with Crippen LogP contribution in [0, 0.1) is 0 Å². The Kier molecular flexibility index (Phi) is 5.79. The maximum atomic E-state index is 11.5. The van der Waals surface area contributed by atoms with Crippen molar-refractivity contribution in [3.63, 3.8) is 0 Å². The van der Waals surface area contributed by atoms with Crippen LogP contribution in [0.15, 0.2) is 30.3 Å². The van der Waals surface area contributed by atoms with Gasteiger partial charge in [0.2, 0.25) is 11.8 Å². The highest BCUT2D eigenvalue weighted by Crippen LogP contribution is 2.03. The van der Waals surface area contributed by atoms with Crippen molar-refractivity contribution in [3.05, 3.63) is 30.3 Å². The monoisotopic (exact) mass is 234 g/mol. The molecule has 0 saturated heterocycles. The molecule has 0 aliphatic carbocycles. The molecule has 0 heterocycles. The molecule has 1 aromatic carbocycles. The van der Waals surface area contributed by atoms with Gasteiger partial charge in [-0.25, -0.2) is 0 Å². The second-order valence-corrected chi connectivity index (χ2v) is 3.79. The maximum absolute atomic E-state index is 11.5. The Balaban J connectivity index is 2.24. The third kappa shape index (κ3) is 5.70. The lowest BCUT2D eigenvalue weighted by molar-refractivity contribution is -0.124. The average Bonchev–Trinajstić information content (AvgIpc) is 2.35. The van der Waals surface area contributed by atoms with Crippen molar-refractivity contribution in [1.29, 1.82) is 0 Å². The number of anilines is 1. The number of carbonyl (C=O) groups excluding carboxylic acids is 2. The Labute approximate surface area is 101 Å². The number of nitrogens with one attached hydrogen (secondary N) is 2. The van der Waals surface area contributed by atoms with Gasteiger partial charge in [-0.3, -0.25) is 9.59 Å². The molecule has 17 heavy (non-hydrogen) atoms. The molecule has 1 aromatic rings. The third-order valence-corrected chi connectivity index (χ3v) is 2.26. The minimum absolute atomic E-state index is 0.0252. The van der Waals surface area contributed by atoms with Gasteiger partial charge in [0.15, 0.2) is 0 Å². The normalized spacial score (nSPS) is 9.71. The Hall–Kier alpha value is -1.84. The first-order valence-electron chi connectivity index (χ1n) is 5.84. The average molecular weight is 234 g/mol. The van der Waals surface area contributed by atoms with Crippen LogP contribution in [0.2, 0.25) is 0 Å². The van der Waals surface area contributed by atoms with Crippen LogP contribution in [-0.4, -0.2) is 18.4 Å². The molecule has 2 amide bonds. The van der Waals surface area contributed by atoms with E-state index in [9.17, 15) is 9.59 Å². The van der Waals surface area contributed by atoms with Gasteiger partial charge in [-0.1, -0.05) is 31.5 Å².